The Morgan fingerprint density at radius 1 is 0.970 bits per heavy atom. The van der Waals surface area contributed by atoms with Gasteiger partial charge in [0.1, 0.15) is 16.5 Å². The largest absolute Gasteiger partial charge is 0.457 e. The summed E-state index contributed by atoms with van der Waals surface area (Å²) in [7, 11) is 0. The average Bonchev–Trinajstić information content (AvgIpc) is 3.36. The Morgan fingerprint density at radius 2 is 1.70 bits per heavy atom. The van der Waals surface area contributed by atoms with Crippen LogP contribution >= 0.6 is 11.6 Å². The van der Waals surface area contributed by atoms with Crippen molar-refractivity contribution in [3.8, 4) is 11.3 Å². The van der Waals surface area contributed by atoms with Crippen molar-refractivity contribution >= 4 is 40.9 Å². The molecule has 0 atom stereocenters. The van der Waals surface area contributed by atoms with Crippen LogP contribution in [-0.2, 0) is 9.53 Å². The van der Waals surface area contributed by atoms with Crippen molar-refractivity contribution in [2.75, 3.05) is 0 Å². The fraction of sp³-hybridized carbons (Fsp3) is 0.0909. The van der Waals surface area contributed by atoms with Crippen LogP contribution in [0.25, 0.3) is 17.4 Å². The van der Waals surface area contributed by atoms with Gasteiger partial charge in [0.15, 0.2) is 5.70 Å². The zero-order chi connectivity index (χ0) is 23.9. The smallest absolute Gasteiger partial charge is 0.363 e. The molecule has 0 saturated heterocycles. The summed E-state index contributed by atoms with van der Waals surface area (Å²) in [4.78, 5) is 37.4. The highest BCUT2D eigenvalue weighted by Crippen LogP contribution is 2.34. The molecule has 0 amide bonds. The molecular formula is C22H14ClN3O7. The first-order valence-corrected chi connectivity index (χ1v) is 9.84. The number of hydrogen-bond donors (Lipinski definition) is 0. The van der Waals surface area contributed by atoms with E-state index in [1.54, 1.807) is 26.0 Å². The lowest BCUT2D eigenvalue weighted by Crippen LogP contribution is -2.06. The number of aliphatic imine (C=N–C) groups is 1. The molecule has 1 aliphatic rings. The molecule has 166 valence electrons. The molecule has 33 heavy (non-hydrogen) atoms. The number of benzene rings is 2. The second-order valence-corrected chi connectivity index (χ2v) is 7.58. The van der Waals surface area contributed by atoms with Gasteiger partial charge in [-0.15, -0.1) is 0 Å². The van der Waals surface area contributed by atoms with Gasteiger partial charge in [-0.25, -0.2) is 9.79 Å². The SMILES string of the molecule is Cc1cc([N+](=O)[O-])c(Cl)cc1-c1ccc(/C=C2\N=C(c3ccc([N+](=O)[O-])c(C)c3)OC2=O)o1. The van der Waals surface area contributed by atoms with Gasteiger partial charge in [-0.2, -0.15) is 0 Å². The Kier molecular flexibility index (Phi) is 5.52. The molecule has 0 unspecified atom stereocenters. The number of nitrogens with zero attached hydrogens (tertiary/aromatic N) is 3. The summed E-state index contributed by atoms with van der Waals surface area (Å²) in [6.45, 7) is 3.27. The van der Waals surface area contributed by atoms with Crippen molar-refractivity contribution in [2.24, 2.45) is 4.99 Å². The fourth-order valence-corrected chi connectivity index (χ4v) is 3.54. The van der Waals surface area contributed by atoms with Gasteiger partial charge in [0, 0.05) is 34.9 Å². The molecule has 0 saturated carbocycles. The molecule has 3 aromatic rings. The lowest BCUT2D eigenvalue weighted by atomic mass is 10.1. The molecule has 11 heteroatoms. The highest BCUT2D eigenvalue weighted by Gasteiger charge is 2.26. The summed E-state index contributed by atoms with van der Waals surface area (Å²) in [5, 5.41) is 22.0. The van der Waals surface area contributed by atoms with Gasteiger partial charge in [0.2, 0.25) is 5.90 Å². The van der Waals surface area contributed by atoms with Gasteiger partial charge in [0.05, 0.1) is 9.85 Å². The Balaban J connectivity index is 1.63. The van der Waals surface area contributed by atoms with E-state index in [-0.39, 0.29) is 28.0 Å². The minimum Gasteiger partial charge on any atom is -0.457 e. The summed E-state index contributed by atoms with van der Waals surface area (Å²) in [5.74, 6) is 0.0240. The zero-order valence-electron chi connectivity index (χ0n) is 17.2. The third-order valence-electron chi connectivity index (χ3n) is 4.92. The number of nitro benzene ring substituents is 2. The second-order valence-electron chi connectivity index (χ2n) is 7.17. The first-order valence-electron chi connectivity index (χ1n) is 9.47. The van der Waals surface area contributed by atoms with Crippen LogP contribution in [0.3, 0.4) is 0 Å². The molecule has 2 aromatic carbocycles. The molecule has 4 rings (SSSR count). The number of aryl methyl sites for hydroxylation is 2. The third kappa shape index (κ3) is 4.23. The Morgan fingerprint density at radius 3 is 2.36 bits per heavy atom. The van der Waals surface area contributed by atoms with E-state index in [0.29, 0.717) is 33.8 Å². The summed E-state index contributed by atoms with van der Waals surface area (Å²) in [5.41, 5.74) is 1.71. The number of nitro groups is 2. The Labute approximate surface area is 191 Å². The number of ether oxygens (including phenoxy) is 1. The minimum absolute atomic E-state index is 0.0136. The average molecular weight is 468 g/mol. The lowest BCUT2D eigenvalue weighted by molar-refractivity contribution is -0.385. The number of esters is 1. The van der Waals surface area contributed by atoms with Gasteiger partial charge in [0.25, 0.3) is 11.4 Å². The van der Waals surface area contributed by atoms with E-state index in [9.17, 15) is 25.0 Å². The monoisotopic (exact) mass is 467 g/mol. The number of furan rings is 1. The molecule has 0 N–H and O–H groups in total. The van der Waals surface area contributed by atoms with Crippen molar-refractivity contribution in [1.29, 1.82) is 0 Å². The Hall–Kier alpha value is -4.31. The molecule has 0 spiro atoms. The Bertz CT molecular complexity index is 1400. The number of halogens is 1. The number of cyclic esters (lactones) is 1. The van der Waals surface area contributed by atoms with Gasteiger partial charge in [-0.05, 0) is 49.7 Å². The third-order valence-corrected chi connectivity index (χ3v) is 5.23. The van der Waals surface area contributed by atoms with Crippen LogP contribution in [0.4, 0.5) is 11.4 Å². The van der Waals surface area contributed by atoms with E-state index in [1.165, 1.54) is 36.4 Å². The maximum Gasteiger partial charge on any atom is 0.363 e. The molecule has 1 aliphatic heterocycles. The summed E-state index contributed by atoms with van der Waals surface area (Å²) in [6.07, 6.45) is 1.39. The van der Waals surface area contributed by atoms with Crippen molar-refractivity contribution in [1.82, 2.24) is 0 Å². The summed E-state index contributed by atoms with van der Waals surface area (Å²) in [6, 6.07) is 10.3. The van der Waals surface area contributed by atoms with Crippen molar-refractivity contribution < 1.29 is 23.8 Å². The summed E-state index contributed by atoms with van der Waals surface area (Å²) < 4.78 is 11.0. The molecule has 0 bridgehead atoms. The normalized spacial score (nSPS) is 14.3. The van der Waals surface area contributed by atoms with Crippen LogP contribution in [0.2, 0.25) is 5.02 Å². The number of hydrogen-bond acceptors (Lipinski definition) is 8. The van der Waals surface area contributed by atoms with Crippen LogP contribution in [-0.4, -0.2) is 21.7 Å². The maximum absolute atomic E-state index is 12.3. The van der Waals surface area contributed by atoms with Crippen LogP contribution < -0.4 is 0 Å². The number of carbonyl (C=O) groups is 1. The van der Waals surface area contributed by atoms with Crippen molar-refractivity contribution in [3.05, 3.63) is 95.9 Å². The van der Waals surface area contributed by atoms with Gasteiger partial charge in [-0.3, -0.25) is 20.2 Å². The molecule has 1 aromatic heterocycles. The predicted molar refractivity (Wildman–Crippen MR) is 119 cm³/mol. The fourth-order valence-electron chi connectivity index (χ4n) is 3.31. The molecule has 0 aliphatic carbocycles. The molecular weight excluding hydrogens is 454 g/mol. The number of carbonyl (C=O) groups excluding carboxylic acids is 1. The quantitative estimate of drug-likeness (QED) is 0.212. The van der Waals surface area contributed by atoms with Crippen LogP contribution in [0.1, 0.15) is 22.5 Å². The standard InChI is InChI=1S/C22H14ClN3O7/c1-11-8-19(26(30)31)16(23)10-15(11)20-6-4-14(32-20)9-17-22(27)33-21(24-17)13-3-5-18(25(28)29)12(2)7-13/h3-10H,1-2H3/b17-9-. The van der Waals surface area contributed by atoms with Gasteiger partial charge in [-0.1, -0.05) is 11.6 Å². The predicted octanol–water partition coefficient (Wildman–Crippen LogP) is 5.38. The molecule has 0 radical (unpaired) electrons. The highest BCUT2D eigenvalue weighted by atomic mass is 35.5. The second kappa shape index (κ2) is 8.32. The number of rotatable bonds is 5. The van der Waals surface area contributed by atoms with E-state index < -0.39 is 15.8 Å². The van der Waals surface area contributed by atoms with E-state index in [4.69, 9.17) is 20.8 Å². The minimum atomic E-state index is -0.700. The summed E-state index contributed by atoms with van der Waals surface area (Å²) >= 11 is 6.01. The van der Waals surface area contributed by atoms with Crippen LogP contribution in [0.15, 0.2) is 57.6 Å². The first kappa shape index (κ1) is 21.9. The van der Waals surface area contributed by atoms with E-state index in [1.807, 2.05) is 0 Å². The zero-order valence-corrected chi connectivity index (χ0v) is 18.0. The topological polar surface area (TPSA) is 138 Å². The van der Waals surface area contributed by atoms with Gasteiger partial charge >= 0.3 is 5.97 Å². The van der Waals surface area contributed by atoms with Gasteiger partial charge < -0.3 is 9.15 Å². The maximum atomic E-state index is 12.3. The van der Waals surface area contributed by atoms with Crippen LogP contribution in [0, 0.1) is 34.1 Å². The molecule has 10 nitrogen and oxygen atoms in total. The first-order chi connectivity index (χ1) is 15.6. The highest BCUT2D eigenvalue weighted by molar-refractivity contribution is 6.33. The van der Waals surface area contributed by atoms with Crippen molar-refractivity contribution in [2.45, 2.75) is 13.8 Å². The van der Waals surface area contributed by atoms with E-state index in [2.05, 4.69) is 4.99 Å². The van der Waals surface area contributed by atoms with Crippen LogP contribution in [0.5, 0.6) is 0 Å². The lowest BCUT2D eigenvalue weighted by Gasteiger charge is -2.04. The molecule has 2 heterocycles. The van der Waals surface area contributed by atoms with Crippen molar-refractivity contribution in [3.63, 3.8) is 0 Å². The van der Waals surface area contributed by atoms with E-state index in [0.717, 1.165) is 0 Å². The molecule has 0 fully saturated rings. The van der Waals surface area contributed by atoms with E-state index >= 15 is 0 Å².